The summed E-state index contributed by atoms with van der Waals surface area (Å²) in [7, 11) is 1.94. The maximum absolute atomic E-state index is 12.1. The highest BCUT2D eigenvalue weighted by Gasteiger charge is 2.07. The van der Waals surface area contributed by atoms with Gasteiger partial charge in [-0.25, -0.2) is 4.98 Å². The summed E-state index contributed by atoms with van der Waals surface area (Å²) in [5, 5.41) is 14.5. The van der Waals surface area contributed by atoms with E-state index in [-0.39, 0.29) is 17.5 Å². The van der Waals surface area contributed by atoms with Crippen LogP contribution < -0.4 is 10.6 Å². The van der Waals surface area contributed by atoms with Crippen molar-refractivity contribution in [1.29, 1.82) is 5.26 Å². The van der Waals surface area contributed by atoms with E-state index in [9.17, 15) is 9.59 Å². The van der Waals surface area contributed by atoms with Crippen molar-refractivity contribution in [3.8, 4) is 6.07 Å². The Labute approximate surface area is 247 Å². The molecule has 0 aromatic carbocycles. The van der Waals surface area contributed by atoms with E-state index >= 15 is 0 Å². The third-order valence-electron chi connectivity index (χ3n) is 5.87. The van der Waals surface area contributed by atoms with Crippen LogP contribution in [0.25, 0.3) is 0 Å². The lowest BCUT2D eigenvalue weighted by atomic mass is 10.2. The number of carbonyl (C=O) groups excluding carboxylic acids is 2. The summed E-state index contributed by atoms with van der Waals surface area (Å²) in [6, 6.07) is 5.03. The largest absolute Gasteiger partial charge is 0.355 e. The van der Waals surface area contributed by atoms with Gasteiger partial charge < -0.3 is 15.5 Å². The van der Waals surface area contributed by atoms with Gasteiger partial charge in [-0.15, -0.1) is 0 Å². The number of nitrogens with one attached hydrogen (secondary N) is 2. The van der Waals surface area contributed by atoms with E-state index in [1.54, 1.807) is 6.07 Å². The van der Waals surface area contributed by atoms with Gasteiger partial charge in [0.25, 0.3) is 5.91 Å². The number of nitriles is 1. The van der Waals surface area contributed by atoms with Crippen LogP contribution in [0.4, 0.5) is 0 Å². The van der Waals surface area contributed by atoms with Gasteiger partial charge in [-0.1, -0.05) is 79.8 Å². The van der Waals surface area contributed by atoms with Crippen LogP contribution in [-0.4, -0.2) is 54.9 Å². The van der Waals surface area contributed by atoms with Crippen molar-refractivity contribution in [2.24, 2.45) is 0 Å². The zero-order valence-electron chi connectivity index (χ0n) is 24.8. The second-order valence-electron chi connectivity index (χ2n) is 9.41. The summed E-state index contributed by atoms with van der Waals surface area (Å²) < 4.78 is 0. The van der Waals surface area contributed by atoms with Crippen molar-refractivity contribution in [2.75, 3.05) is 33.2 Å². The molecule has 0 fully saturated rings. The molecule has 0 spiro atoms. The molecule has 1 aromatic rings. The highest BCUT2D eigenvalue weighted by atomic mass is 16.2. The topological polar surface area (TPSA) is 98.1 Å². The SMILES string of the molecule is CC/C=C\C/C=C\C/C=C\C/C=C\C/C=C\C/C=C\CCC(=O)NCCN(C)CCNC(=O)c1ccc(C#N)nc1. The Bertz CT molecular complexity index is 1080. The fourth-order valence-electron chi connectivity index (χ4n) is 3.50. The van der Waals surface area contributed by atoms with E-state index in [1.807, 2.05) is 18.0 Å². The molecule has 1 heterocycles. The first-order chi connectivity index (χ1) is 20.1. The standard InChI is InChI=1S/C34H47N5O2/c1-3-4-5-6-7-8-9-10-11-12-13-14-15-16-17-18-19-20-21-22-33(40)36-25-27-39(2)28-26-37-34(41)31-23-24-32(29-35)38-30-31/h4-5,7-8,10-11,13-14,16-17,19-20,23-24,30H,3,6,9,12,15,18,21-22,25-28H2,1-2H3,(H,36,40)(H,37,41)/b5-4-,8-7-,11-10-,14-13-,17-16-,20-19-. The molecule has 2 amide bonds. The number of hydrogen-bond donors (Lipinski definition) is 2. The molecule has 0 aliphatic heterocycles. The lowest BCUT2D eigenvalue weighted by Crippen LogP contribution is -2.37. The number of carbonyl (C=O) groups is 2. The molecule has 0 aliphatic rings. The number of amides is 2. The quantitative estimate of drug-likeness (QED) is 0.175. The summed E-state index contributed by atoms with van der Waals surface area (Å²) in [6.45, 7) is 4.54. The minimum atomic E-state index is -0.224. The number of hydrogen-bond acceptors (Lipinski definition) is 5. The molecule has 0 atom stereocenters. The average molecular weight is 558 g/mol. The fraction of sp³-hybridized carbons (Fsp3) is 0.412. The summed E-state index contributed by atoms with van der Waals surface area (Å²) in [5.74, 6) is -0.183. The maximum atomic E-state index is 12.1. The summed E-state index contributed by atoms with van der Waals surface area (Å²) >= 11 is 0. The molecule has 0 aliphatic carbocycles. The first-order valence-corrected chi connectivity index (χ1v) is 14.6. The Morgan fingerprint density at radius 1 is 0.805 bits per heavy atom. The Hall–Kier alpha value is -4.02. The smallest absolute Gasteiger partial charge is 0.252 e. The number of aromatic nitrogens is 1. The van der Waals surface area contributed by atoms with Crippen LogP contribution in [-0.2, 0) is 4.79 Å². The van der Waals surface area contributed by atoms with Crippen molar-refractivity contribution in [2.45, 2.75) is 58.3 Å². The average Bonchev–Trinajstić information content (AvgIpc) is 2.98. The van der Waals surface area contributed by atoms with Gasteiger partial charge in [0.15, 0.2) is 0 Å². The lowest BCUT2D eigenvalue weighted by Gasteiger charge is -2.17. The predicted octanol–water partition coefficient (Wildman–Crippen LogP) is 6.21. The Morgan fingerprint density at radius 2 is 1.32 bits per heavy atom. The van der Waals surface area contributed by atoms with Crippen LogP contribution in [0.3, 0.4) is 0 Å². The van der Waals surface area contributed by atoms with Gasteiger partial charge in [-0.05, 0) is 64.1 Å². The van der Waals surface area contributed by atoms with Crippen LogP contribution in [0.15, 0.2) is 91.2 Å². The van der Waals surface area contributed by atoms with E-state index in [0.717, 1.165) is 44.9 Å². The Kier molecular flexibility index (Phi) is 21.3. The van der Waals surface area contributed by atoms with E-state index in [1.165, 1.54) is 12.3 Å². The molecule has 1 rings (SSSR count). The molecule has 0 saturated heterocycles. The van der Waals surface area contributed by atoms with E-state index < -0.39 is 0 Å². The van der Waals surface area contributed by atoms with E-state index in [4.69, 9.17) is 5.26 Å². The molecule has 0 bridgehead atoms. The molecule has 41 heavy (non-hydrogen) atoms. The van der Waals surface area contributed by atoms with Crippen LogP contribution in [0.2, 0.25) is 0 Å². The summed E-state index contributed by atoms with van der Waals surface area (Å²) in [5.41, 5.74) is 0.700. The molecule has 0 saturated carbocycles. The van der Waals surface area contributed by atoms with Crippen LogP contribution in [0, 0.1) is 11.3 Å². The minimum Gasteiger partial charge on any atom is -0.355 e. The third-order valence-corrected chi connectivity index (χ3v) is 5.87. The molecule has 2 N–H and O–H groups in total. The van der Waals surface area contributed by atoms with Crippen LogP contribution in [0.1, 0.15) is 74.3 Å². The first-order valence-electron chi connectivity index (χ1n) is 14.6. The predicted molar refractivity (Wildman–Crippen MR) is 169 cm³/mol. The summed E-state index contributed by atoms with van der Waals surface area (Å²) in [6.07, 6.45) is 34.5. The molecule has 7 nitrogen and oxygen atoms in total. The molecule has 0 unspecified atom stereocenters. The Morgan fingerprint density at radius 3 is 1.80 bits per heavy atom. The van der Waals surface area contributed by atoms with Crippen LogP contribution >= 0.6 is 0 Å². The molecule has 1 aromatic heterocycles. The van der Waals surface area contributed by atoms with E-state index in [0.29, 0.717) is 38.2 Å². The highest BCUT2D eigenvalue weighted by molar-refractivity contribution is 5.93. The van der Waals surface area contributed by atoms with Gasteiger partial charge in [0, 0.05) is 38.8 Å². The van der Waals surface area contributed by atoms with Crippen LogP contribution in [0.5, 0.6) is 0 Å². The molecule has 7 heteroatoms. The zero-order chi connectivity index (χ0) is 29.8. The second-order valence-corrected chi connectivity index (χ2v) is 9.41. The van der Waals surface area contributed by atoms with Gasteiger partial charge in [0.05, 0.1) is 5.56 Å². The van der Waals surface area contributed by atoms with Gasteiger partial charge in [0.1, 0.15) is 11.8 Å². The lowest BCUT2D eigenvalue weighted by molar-refractivity contribution is -0.121. The third kappa shape index (κ3) is 20.5. The number of rotatable bonds is 21. The van der Waals surface area contributed by atoms with Gasteiger partial charge in [-0.3, -0.25) is 9.59 Å². The number of allylic oxidation sites excluding steroid dienone is 12. The van der Waals surface area contributed by atoms with Crippen molar-refractivity contribution in [1.82, 2.24) is 20.5 Å². The number of likely N-dealkylation sites (N-methyl/N-ethyl adjacent to an activating group) is 1. The van der Waals surface area contributed by atoms with Gasteiger partial charge in [0.2, 0.25) is 5.91 Å². The van der Waals surface area contributed by atoms with Crippen molar-refractivity contribution in [3.05, 3.63) is 102 Å². The maximum Gasteiger partial charge on any atom is 0.252 e. The van der Waals surface area contributed by atoms with Crippen molar-refractivity contribution in [3.63, 3.8) is 0 Å². The number of nitrogens with zero attached hydrogens (tertiary/aromatic N) is 3. The molecule has 0 radical (unpaired) electrons. The zero-order valence-corrected chi connectivity index (χ0v) is 24.8. The second kappa shape index (κ2) is 25.0. The fourth-order valence-corrected chi connectivity index (χ4v) is 3.50. The number of pyridine rings is 1. The van der Waals surface area contributed by atoms with Crippen molar-refractivity contribution >= 4 is 11.8 Å². The molecular weight excluding hydrogens is 510 g/mol. The molecule has 220 valence electrons. The monoisotopic (exact) mass is 557 g/mol. The minimum absolute atomic E-state index is 0.0412. The van der Waals surface area contributed by atoms with Gasteiger partial charge in [-0.2, -0.15) is 5.26 Å². The Balaban J connectivity index is 2.00. The van der Waals surface area contributed by atoms with E-state index in [2.05, 4.69) is 95.5 Å². The normalized spacial score (nSPS) is 12.1. The first kappa shape index (κ1) is 35.0. The molecular formula is C34H47N5O2. The highest BCUT2D eigenvalue weighted by Crippen LogP contribution is 2.00. The summed E-state index contributed by atoms with van der Waals surface area (Å²) in [4.78, 5) is 30.1. The van der Waals surface area contributed by atoms with Gasteiger partial charge >= 0.3 is 0 Å². The van der Waals surface area contributed by atoms with Crippen molar-refractivity contribution < 1.29 is 9.59 Å².